The minimum atomic E-state index is -6.28. The van der Waals surface area contributed by atoms with Crippen molar-refractivity contribution in [1.82, 2.24) is 0 Å². The molecule has 1 atom stereocenters. The summed E-state index contributed by atoms with van der Waals surface area (Å²) in [5.41, 5.74) is -0.855. The Bertz CT molecular complexity index is 902. The number of sulfone groups is 2. The summed E-state index contributed by atoms with van der Waals surface area (Å²) in [6.07, 6.45) is -18.5. The van der Waals surface area contributed by atoms with Gasteiger partial charge in [-0.25, -0.2) is 16.8 Å². The normalized spacial score (nSPS) is 19.3. The molecule has 0 fully saturated rings. The van der Waals surface area contributed by atoms with Gasteiger partial charge in [-0.05, 0) is 12.0 Å². The number of alkyl halides is 9. The highest BCUT2D eigenvalue weighted by molar-refractivity contribution is 8.14. The molecule has 0 bridgehead atoms. The summed E-state index contributed by atoms with van der Waals surface area (Å²) in [6, 6.07) is 0. The van der Waals surface area contributed by atoms with E-state index in [1.165, 1.54) is 6.08 Å². The molecule has 4 nitrogen and oxygen atoms in total. The van der Waals surface area contributed by atoms with E-state index in [4.69, 9.17) is 0 Å². The maximum Gasteiger partial charge on any atom is 0.406 e. The fraction of sp³-hybridized carbons (Fsp3) is 0.571. The first-order chi connectivity index (χ1) is 12.8. The molecule has 1 rings (SSSR count). The van der Waals surface area contributed by atoms with Gasteiger partial charge in [0.1, 0.15) is 0 Å². The maximum absolute atomic E-state index is 13.1. The fourth-order valence-electron chi connectivity index (χ4n) is 2.31. The number of hydrogen-bond donors (Lipinski definition) is 0. The van der Waals surface area contributed by atoms with E-state index >= 15 is 0 Å². The van der Waals surface area contributed by atoms with Gasteiger partial charge in [-0.1, -0.05) is 24.3 Å². The lowest BCUT2D eigenvalue weighted by molar-refractivity contribution is -0.179. The smallest absolute Gasteiger partial charge is 0.223 e. The van der Waals surface area contributed by atoms with Crippen LogP contribution in [0.1, 0.15) is 19.3 Å². The number of rotatable bonds is 6. The predicted molar refractivity (Wildman–Crippen MR) is 83.8 cm³/mol. The zero-order chi connectivity index (χ0) is 22.9. The van der Waals surface area contributed by atoms with Crippen molar-refractivity contribution in [3.05, 3.63) is 34.1 Å². The van der Waals surface area contributed by atoms with Gasteiger partial charge in [-0.2, -0.15) is 39.5 Å². The second-order valence-electron chi connectivity index (χ2n) is 5.88. The third-order valence-corrected chi connectivity index (χ3v) is 8.49. The van der Waals surface area contributed by atoms with Gasteiger partial charge in [-0.3, -0.25) is 0 Å². The third kappa shape index (κ3) is 7.35. The minimum Gasteiger partial charge on any atom is -0.223 e. The van der Waals surface area contributed by atoms with Gasteiger partial charge in [0.15, 0.2) is 19.3 Å². The van der Waals surface area contributed by atoms with Crippen LogP contribution in [0.3, 0.4) is 0 Å². The van der Waals surface area contributed by atoms with E-state index in [1.807, 2.05) is 0 Å². The van der Waals surface area contributed by atoms with Crippen LogP contribution in [0, 0.1) is 0 Å². The van der Waals surface area contributed by atoms with Crippen molar-refractivity contribution in [2.24, 2.45) is 0 Å². The summed E-state index contributed by atoms with van der Waals surface area (Å²) < 4.78 is 162. The molecule has 29 heavy (non-hydrogen) atoms. The Kier molecular flexibility index (Phi) is 7.32. The molecule has 0 aliphatic heterocycles. The number of hydrogen-bond acceptors (Lipinski definition) is 4. The first-order valence-corrected chi connectivity index (χ1v) is 10.7. The van der Waals surface area contributed by atoms with Crippen LogP contribution < -0.4 is 0 Å². The lowest BCUT2D eigenvalue weighted by Gasteiger charge is -2.24. The zero-order valence-electron chi connectivity index (χ0n) is 14.1. The number of halogens is 9. The summed E-state index contributed by atoms with van der Waals surface area (Å²) in [6.45, 7) is 0. The van der Waals surface area contributed by atoms with Crippen LogP contribution >= 0.6 is 0 Å². The minimum absolute atomic E-state index is 0.618. The Morgan fingerprint density at radius 1 is 0.897 bits per heavy atom. The topological polar surface area (TPSA) is 68.3 Å². The average Bonchev–Trinajstić information content (AvgIpc) is 2.49. The summed E-state index contributed by atoms with van der Waals surface area (Å²) in [7, 11) is -11.8. The molecule has 168 valence electrons. The second kappa shape index (κ2) is 8.32. The summed E-state index contributed by atoms with van der Waals surface area (Å²) in [5.74, 6) is -1.94. The highest BCUT2D eigenvalue weighted by atomic mass is 32.3. The molecule has 1 unspecified atom stereocenters. The summed E-state index contributed by atoms with van der Waals surface area (Å²) >= 11 is 0. The van der Waals surface area contributed by atoms with Gasteiger partial charge in [0, 0.05) is 0 Å². The van der Waals surface area contributed by atoms with E-state index in [2.05, 4.69) is 0 Å². The Balaban J connectivity index is 3.69. The van der Waals surface area contributed by atoms with Gasteiger partial charge in [0.25, 0.3) is 0 Å². The Hall–Kier alpha value is -1.51. The lowest BCUT2D eigenvalue weighted by atomic mass is 10.1. The first kappa shape index (κ1) is 25.5. The third-order valence-electron chi connectivity index (χ3n) is 3.50. The van der Waals surface area contributed by atoms with Crippen LogP contribution in [0.2, 0.25) is 0 Å². The molecule has 0 aromatic heterocycles. The Labute approximate surface area is 159 Å². The predicted octanol–water partition coefficient (Wildman–Crippen LogP) is 4.38. The standard InChI is InChI=1S/C14H13F9O4S2/c15-12(16,17)6-7-28(24,25)11(9-4-2-1-3-5-9)29(26,27)10(14(21,22)23)8-13(18,19)20/h1-4,10H,5-8H2. The largest absolute Gasteiger partial charge is 0.406 e. The first-order valence-electron chi connectivity index (χ1n) is 7.50. The molecule has 0 N–H and O–H groups in total. The van der Waals surface area contributed by atoms with Crippen LogP contribution in [0.25, 0.3) is 0 Å². The SMILES string of the molecule is O=S(=O)(CCC(F)(F)F)C(=C1C=CC=CC1)S(=O)(=O)C(CC(F)(F)F)C(F)(F)F. The lowest BCUT2D eigenvalue weighted by Crippen LogP contribution is -2.42. The zero-order valence-corrected chi connectivity index (χ0v) is 15.7. The molecule has 0 aromatic carbocycles. The molecular weight excluding hydrogens is 467 g/mol. The molecule has 0 spiro atoms. The molecule has 0 saturated carbocycles. The van der Waals surface area contributed by atoms with Gasteiger partial charge in [0.2, 0.25) is 9.84 Å². The van der Waals surface area contributed by atoms with E-state index < -0.39 is 78.3 Å². The quantitative estimate of drug-likeness (QED) is 0.530. The van der Waals surface area contributed by atoms with Crippen LogP contribution in [-0.2, 0) is 19.7 Å². The van der Waals surface area contributed by atoms with Crippen LogP contribution in [0.5, 0.6) is 0 Å². The van der Waals surface area contributed by atoms with Gasteiger partial charge in [-0.15, -0.1) is 0 Å². The van der Waals surface area contributed by atoms with Crippen LogP contribution in [-0.4, -0.2) is 46.4 Å². The Morgan fingerprint density at radius 3 is 1.83 bits per heavy atom. The molecule has 0 aromatic rings. The highest BCUT2D eigenvalue weighted by Crippen LogP contribution is 2.41. The van der Waals surface area contributed by atoms with Crippen molar-refractivity contribution in [1.29, 1.82) is 0 Å². The van der Waals surface area contributed by atoms with Crippen molar-refractivity contribution in [3.8, 4) is 0 Å². The van der Waals surface area contributed by atoms with Crippen molar-refractivity contribution in [2.45, 2.75) is 43.0 Å². The molecule has 0 radical (unpaired) electrons. The van der Waals surface area contributed by atoms with E-state index in [-0.39, 0.29) is 0 Å². The molecule has 1 aliphatic rings. The monoisotopic (exact) mass is 480 g/mol. The second-order valence-corrected chi connectivity index (χ2v) is 10.3. The summed E-state index contributed by atoms with van der Waals surface area (Å²) in [4.78, 5) is 0. The van der Waals surface area contributed by atoms with E-state index in [0.29, 0.717) is 6.08 Å². The van der Waals surface area contributed by atoms with Gasteiger partial charge < -0.3 is 0 Å². The van der Waals surface area contributed by atoms with Crippen molar-refractivity contribution < 1.29 is 56.3 Å². The van der Waals surface area contributed by atoms with E-state index in [0.717, 1.165) is 12.2 Å². The Morgan fingerprint density at radius 2 is 1.45 bits per heavy atom. The van der Waals surface area contributed by atoms with Crippen molar-refractivity contribution in [2.75, 3.05) is 5.75 Å². The molecule has 15 heteroatoms. The van der Waals surface area contributed by atoms with Gasteiger partial charge >= 0.3 is 18.5 Å². The van der Waals surface area contributed by atoms with Crippen LogP contribution in [0.4, 0.5) is 39.5 Å². The average molecular weight is 480 g/mol. The van der Waals surface area contributed by atoms with E-state index in [1.54, 1.807) is 0 Å². The maximum atomic E-state index is 13.1. The molecular formula is C14H13F9O4S2. The fourth-order valence-corrected chi connectivity index (χ4v) is 7.09. The number of allylic oxidation sites excluding steroid dienone is 5. The van der Waals surface area contributed by atoms with Crippen molar-refractivity contribution >= 4 is 19.7 Å². The van der Waals surface area contributed by atoms with Crippen LogP contribution in [0.15, 0.2) is 34.1 Å². The molecule has 1 aliphatic carbocycles. The molecule has 0 amide bonds. The van der Waals surface area contributed by atoms with Gasteiger partial charge in [0.05, 0.1) is 18.6 Å². The molecule has 0 saturated heterocycles. The molecule has 0 heterocycles. The highest BCUT2D eigenvalue weighted by Gasteiger charge is 2.57. The van der Waals surface area contributed by atoms with Crippen molar-refractivity contribution in [3.63, 3.8) is 0 Å². The van der Waals surface area contributed by atoms with E-state index in [9.17, 15) is 56.3 Å². The summed E-state index contributed by atoms with van der Waals surface area (Å²) in [5, 5.41) is -4.20.